The van der Waals surface area contributed by atoms with Gasteiger partial charge in [-0.2, -0.15) is 0 Å². The molecule has 0 aliphatic carbocycles. The summed E-state index contributed by atoms with van der Waals surface area (Å²) in [5, 5.41) is 27.0. The first-order chi connectivity index (χ1) is 15.3. The number of nitro benzene ring substituents is 1. The van der Waals surface area contributed by atoms with Crippen LogP contribution >= 0.6 is 35.0 Å². The largest absolute Gasteiger partial charge is 0.376 e. The van der Waals surface area contributed by atoms with Crippen molar-refractivity contribution in [3.05, 3.63) is 67.9 Å². The van der Waals surface area contributed by atoms with Crippen LogP contribution in [-0.2, 0) is 17.9 Å². The summed E-state index contributed by atoms with van der Waals surface area (Å²) in [6, 6.07) is 9.48. The topological polar surface area (TPSA) is 115 Å². The van der Waals surface area contributed by atoms with Crippen LogP contribution in [0.25, 0.3) is 0 Å². The van der Waals surface area contributed by atoms with Crippen molar-refractivity contribution in [3.8, 4) is 0 Å². The summed E-state index contributed by atoms with van der Waals surface area (Å²) >= 11 is 13.4. The number of amides is 1. The first kappa shape index (κ1) is 23.8. The van der Waals surface area contributed by atoms with Gasteiger partial charge in [-0.05, 0) is 37.6 Å². The molecule has 0 bridgehead atoms. The molecule has 1 amide bonds. The Morgan fingerprint density at radius 1 is 1.19 bits per heavy atom. The standard InChI is InChI=1S/C20H20Cl2N6O3S/c1-3-27-18(10-23-17-8-13(21)5-7-15(17)22)25-26-20(27)32-11-19(29)24-16-9-14(28(30)31)6-4-12(16)2/h4-9,23H,3,10-11H2,1-2H3,(H,24,29). The van der Waals surface area contributed by atoms with E-state index in [9.17, 15) is 14.9 Å². The Bertz CT molecular complexity index is 1150. The van der Waals surface area contributed by atoms with Crippen molar-refractivity contribution in [2.24, 2.45) is 0 Å². The lowest BCUT2D eigenvalue weighted by molar-refractivity contribution is -0.384. The van der Waals surface area contributed by atoms with Crippen LogP contribution in [0.3, 0.4) is 0 Å². The summed E-state index contributed by atoms with van der Waals surface area (Å²) < 4.78 is 1.89. The molecule has 9 nitrogen and oxygen atoms in total. The zero-order chi connectivity index (χ0) is 23.3. The van der Waals surface area contributed by atoms with Crippen LogP contribution in [0, 0.1) is 17.0 Å². The molecule has 12 heteroatoms. The van der Waals surface area contributed by atoms with Crippen LogP contribution in [-0.4, -0.2) is 31.3 Å². The lowest BCUT2D eigenvalue weighted by atomic mass is 10.2. The highest BCUT2D eigenvalue weighted by Crippen LogP contribution is 2.26. The van der Waals surface area contributed by atoms with E-state index in [0.29, 0.717) is 45.5 Å². The Balaban J connectivity index is 1.63. The minimum Gasteiger partial charge on any atom is -0.376 e. The van der Waals surface area contributed by atoms with E-state index in [1.807, 2.05) is 11.5 Å². The van der Waals surface area contributed by atoms with Gasteiger partial charge < -0.3 is 15.2 Å². The van der Waals surface area contributed by atoms with Gasteiger partial charge in [-0.25, -0.2) is 0 Å². The van der Waals surface area contributed by atoms with Crippen molar-refractivity contribution in [1.82, 2.24) is 14.8 Å². The highest BCUT2D eigenvalue weighted by atomic mass is 35.5. The van der Waals surface area contributed by atoms with Gasteiger partial charge in [0.25, 0.3) is 5.69 Å². The van der Waals surface area contributed by atoms with E-state index >= 15 is 0 Å². The lowest BCUT2D eigenvalue weighted by Gasteiger charge is -2.11. The number of carbonyl (C=O) groups is 1. The molecule has 3 aromatic rings. The zero-order valence-electron chi connectivity index (χ0n) is 17.3. The third-order valence-electron chi connectivity index (χ3n) is 4.51. The summed E-state index contributed by atoms with van der Waals surface area (Å²) in [5.74, 6) is 0.462. The van der Waals surface area contributed by atoms with Gasteiger partial charge in [0, 0.05) is 23.7 Å². The molecular formula is C20H20Cl2N6O3S. The minimum absolute atomic E-state index is 0.0772. The van der Waals surface area contributed by atoms with Gasteiger partial charge in [0.15, 0.2) is 11.0 Å². The average Bonchev–Trinajstić information content (AvgIpc) is 3.16. The number of hydrogen-bond donors (Lipinski definition) is 2. The number of nitro groups is 1. The van der Waals surface area contributed by atoms with Crippen LogP contribution in [0.5, 0.6) is 0 Å². The molecule has 0 fully saturated rings. The number of aryl methyl sites for hydroxylation is 1. The van der Waals surface area contributed by atoms with Crippen LogP contribution in [0.1, 0.15) is 18.3 Å². The van der Waals surface area contributed by atoms with Gasteiger partial charge >= 0.3 is 0 Å². The highest BCUT2D eigenvalue weighted by Gasteiger charge is 2.15. The summed E-state index contributed by atoms with van der Waals surface area (Å²) in [6.45, 7) is 4.71. The Kier molecular flexibility index (Phi) is 7.94. The molecule has 168 valence electrons. The molecule has 0 saturated carbocycles. The van der Waals surface area contributed by atoms with Gasteiger partial charge in [0.1, 0.15) is 0 Å². The first-order valence-electron chi connectivity index (χ1n) is 9.57. The fourth-order valence-electron chi connectivity index (χ4n) is 2.86. The highest BCUT2D eigenvalue weighted by molar-refractivity contribution is 7.99. The maximum Gasteiger partial charge on any atom is 0.271 e. The quantitative estimate of drug-likeness (QED) is 0.239. The summed E-state index contributed by atoms with van der Waals surface area (Å²) in [5.41, 5.74) is 1.75. The number of nitrogens with zero attached hydrogens (tertiary/aromatic N) is 4. The number of anilines is 2. The van der Waals surface area contributed by atoms with Crippen molar-refractivity contribution < 1.29 is 9.72 Å². The molecule has 2 N–H and O–H groups in total. The van der Waals surface area contributed by atoms with E-state index in [4.69, 9.17) is 23.2 Å². The molecule has 1 heterocycles. The van der Waals surface area contributed by atoms with Gasteiger partial charge in [-0.1, -0.05) is 41.0 Å². The second-order valence-corrected chi connectivity index (χ2v) is 8.50. The second kappa shape index (κ2) is 10.7. The van der Waals surface area contributed by atoms with Gasteiger partial charge in [-0.3, -0.25) is 14.9 Å². The van der Waals surface area contributed by atoms with Crippen molar-refractivity contribution in [3.63, 3.8) is 0 Å². The molecule has 1 aromatic heterocycles. The first-order valence-corrected chi connectivity index (χ1v) is 11.3. The molecule has 2 aromatic carbocycles. The predicted octanol–water partition coefficient (Wildman–Crippen LogP) is 5.16. The van der Waals surface area contributed by atoms with E-state index in [2.05, 4.69) is 20.8 Å². The SMILES string of the molecule is CCn1c(CNc2cc(Cl)ccc2Cl)nnc1SCC(=O)Nc1cc([N+](=O)[O-])ccc1C. The van der Waals surface area contributed by atoms with E-state index in [-0.39, 0.29) is 17.3 Å². The van der Waals surface area contributed by atoms with E-state index in [0.717, 1.165) is 5.56 Å². The van der Waals surface area contributed by atoms with Crippen molar-refractivity contribution in [1.29, 1.82) is 0 Å². The van der Waals surface area contributed by atoms with E-state index in [1.165, 1.54) is 23.9 Å². The number of halogens is 2. The monoisotopic (exact) mass is 494 g/mol. The number of non-ortho nitro benzene ring substituents is 1. The Morgan fingerprint density at radius 3 is 2.69 bits per heavy atom. The number of aromatic nitrogens is 3. The third kappa shape index (κ3) is 5.90. The average molecular weight is 495 g/mol. The molecule has 32 heavy (non-hydrogen) atoms. The molecule has 3 rings (SSSR count). The maximum atomic E-state index is 12.4. The molecule has 0 saturated heterocycles. The Morgan fingerprint density at radius 2 is 1.97 bits per heavy atom. The summed E-state index contributed by atoms with van der Waals surface area (Å²) in [6.07, 6.45) is 0. The van der Waals surface area contributed by atoms with Crippen LogP contribution in [0.4, 0.5) is 17.1 Å². The van der Waals surface area contributed by atoms with Crippen molar-refractivity contribution in [2.75, 3.05) is 16.4 Å². The van der Waals surface area contributed by atoms with Crippen LogP contribution < -0.4 is 10.6 Å². The maximum absolute atomic E-state index is 12.4. The second-order valence-electron chi connectivity index (χ2n) is 6.71. The van der Waals surface area contributed by atoms with E-state index < -0.39 is 4.92 Å². The molecule has 0 unspecified atom stereocenters. The normalized spacial score (nSPS) is 10.8. The number of thioether (sulfide) groups is 1. The Hall–Kier alpha value is -2.82. The molecule has 0 aliphatic rings. The van der Waals surface area contributed by atoms with Crippen LogP contribution in [0.2, 0.25) is 10.0 Å². The fraction of sp³-hybridized carbons (Fsp3) is 0.250. The molecular weight excluding hydrogens is 475 g/mol. The van der Waals surface area contributed by atoms with Crippen LogP contribution in [0.15, 0.2) is 41.6 Å². The van der Waals surface area contributed by atoms with Crippen molar-refractivity contribution >= 4 is 57.9 Å². The summed E-state index contributed by atoms with van der Waals surface area (Å²) in [7, 11) is 0. The summed E-state index contributed by atoms with van der Waals surface area (Å²) in [4.78, 5) is 22.9. The van der Waals surface area contributed by atoms with E-state index in [1.54, 1.807) is 31.2 Å². The molecule has 0 aliphatic heterocycles. The minimum atomic E-state index is -0.500. The molecule has 0 atom stereocenters. The molecule has 0 spiro atoms. The smallest absolute Gasteiger partial charge is 0.271 e. The zero-order valence-corrected chi connectivity index (χ0v) is 19.6. The third-order valence-corrected chi connectivity index (χ3v) is 6.04. The van der Waals surface area contributed by atoms with Gasteiger partial charge in [-0.15, -0.1) is 10.2 Å². The molecule has 0 radical (unpaired) electrons. The number of rotatable bonds is 9. The fourth-order valence-corrected chi connectivity index (χ4v) is 4.03. The number of benzene rings is 2. The number of carbonyl (C=O) groups excluding carboxylic acids is 1. The Labute approximate surface area is 198 Å². The van der Waals surface area contributed by atoms with Gasteiger partial charge in [0.05, 0.1) is 33.6 Å². The lowest BCUT2D eigenvalue weighted by Crippen LogP contribution is -2.16. The van der Waals surface area contributed by atoms with Crippen molar-refractivity contribution in [2.45, 2.75) is 32.1 Å². The van der Waals surface area contributed by atoms with Gasteiger partial charge in [0.2, 0.25) is 5.91 Å². The number of hydrogen-bond acceptors (Lipinski definition) is 7. The predicted molar refractivity (Wildman–Crippen MR) is 127 cm³/mol. The number of nitrogens with one attached hydrogen (secondary N) is 2.